The summed E-state index contributed by atoms with van der Waals surface area (Å²) in [5.74, 6) is -0.245. The van der Waals surface area contributed by atoms with Gasteiger partial charge in [0, 0.05) is 6.42 Å². The number of carbonyl (C=O) groups excluding carboxylic acids is 1. The average molecular weight is 379 g/mol. The van der Waals surface area contributed by atoms with Crippen LogP contribution in [0.15, 0.2) is 0 Å². The van der Waals surface area contributed by atoms with Gasteiger partial charge in [0.15, 0.2) is 0 Å². The lowest BCUT2D eigenvalue weighted by Crippen LogP contribution is -2.58. The zero-order chi connectivity index (χ0) is 19.9. The van der Waals surface area contributed by atoms with Gasteiger partial charge in [-0.1, -0.05) is 13.8 Å². The lowest BCUT2D eigenvalue weighted by molar-refractivity contribution is -0.230. The van der Waals surface area contributed by atoms with E-state index in [1.807, 2.05) is 0 Å². The standard InChI is InChI=1S/C17H33NO8/c1-3-10(20)14(22)9(18-13(21)4-2)6-5-7-11-15(23)17(25)16(24)12(8-19)26-11/h9-12,14-17,19-20,22-25H,3-8H2,1-2H3,(H,18,21)/t9-,10+,11-,12?,14-,15?,16-,17+/m0/s1. The zero-order valence-corrected chi connectivity index (χ0v) is 15.4. The Kier molecular flexibility index (Phi) is 9.94. The van der Waals surface area contributed by atoms with Crippen molar-refractivity contribution in [1.82, 2.24) is 5.32 Å². The Balaban J connectivity index is 2.63. The van der Waals surface area contributed by atoms with Gasteiger partial charge in [-0.3, -0.25) is 4.79 Å². The fourth-order valence-electron chi connectivity index (χ4n) is 3.10. The van der Waals surface area contributed by atoms with Crippen molar-refractivity contribution in [2.75, 3.05) is 6.61 Å². The number of aliphatic hydroxyl groups excluding tert-OH is 6. The van der Waals surface area contributed by atoms with Crippen LogP contribution in [0.25, 0.3) is 0 Å². The summed E-state index contributed by atoms with van der Waals surface area (Å²) in [7, 11) is 0. The number of ether oxygens (including phenoxy) is 1. The fraction of sp³-hybridized carbons (Fsp3) is 0.941. The molecule has 1 aliphatic heterocycles. The lowest BCUT2D eigenvalue weighted by Gasteiger charge is -2.40. The third-order valence-corrected chi connectivity index (χ3v) is 4.89. The Morgan fingerprint density at radius 2 is 1.69 bits per heavy atom. The van der Waals surface area contributed by atoms with E-state index < -0.39 is 55.4 Å². The Bertz CT molecular complexity index is 422. The number of amides is 1. The van der Waals surface area contributed by atoms with Gasteiger partial charge >= 0.3 is 0 Å². The SMILES string of the molecule is CCC(=O)N[C@@H](CCC[C@@H]1OC(CO)[C@H](O)[C@H](O)C1O)[C@H](O)[C@H](O)CC. The number of hydrogen-bond donors (Lipinski definition) is 7. The molecule has 26 heavy (non-hydrogen) atoms. The van der Waals surface area contributed by atoms with E-state index in [1.54, 1.807) is 13.8 Å². The van der Waals surface area contributed by atoms with Crippen molar-refractivity contribution in [3.05, 3.63) is 0 Å². The second kappa shape index (κ2) is 11.1. The number of rotatable bonds is 10. The molecule has 0 bridgehead atoms. The summed E-state index contributed by atoms with van der Waals surface area (Å²) in [5.41, 5.74) is 0. The maximum absolute atomic E-state index is 11.7. The van der Waals surface area contributed by atoms with Crippen LogP contribution in [0, 0.1) is 0 Å². The lowest BCUT2D eigenvalue weighted by atomic mass is 9.91. The largest absolute Gasteiger partial charge is 0.394 e. The molecule has 0 aromatic carbocycles. The van der Waals surface area contributed by atoms with E-state index in [4.69, 9.17) is 4.74 Å². The predicted octanol–water partition coefficient (Wildman–Crippen LogP) is -1.97. The van der Waals surface area contributed by atoms with Gasteiger partial charge in [0.1, 0.15) is 24.4 Å². The highest BCUT2D eigenvalue weighted by Crippen LogP contribution is 2.25. The monoisotopic (exact) mass is 379 g/mol. The second-order valence-electron chi connectivity index (χ2n) is 6.79. The van der Waals surface area contributed by atoms with Crippen LogP contribution in [0.4, 0.5) is 0 Å². The molecule has 0 aromatic rings. The smallest absolute Gasteiger partial charge is 0.220 e. The fourth-order valence-corrected chi connectivity index (χ4v) is 3.10. The minimum Gasteiger partial charge on any atom is -0.394 e. The van der Waals surface area contributed by atoms with Gasteiger partial charge in [0.25, 0.3) is 0 Å². The van der Waals surface area contributed by atoms with Crippen molar-refractivity contribution in [1.29, 1.82) is 0 Å². The molecule has 1 rings (SSSR count). The zero-order valence-electron chi connectivity index (χ0n) is 15.4. The van der Waals surface area contributed by atoms with Crippen LogP contribution < -0.4 is 5.32 Å². The van der Waals surface area contributed by atoms with Crippen molar-refractivity contribution in [3.8, 4) is 0 Å². The van der Waals surface area contributed by atoms with Gasteiger partial charge in [0.05, 0.1) is 31.0 Å². The van der Waals surface area contributed by atoms with Crippen molar-refractivity contribution >= 4 is 5.91 Å². The summed E-state index contributed by atoms with van der Waals surface area (Å²) in [6.07, 6.45) is -6.33. The summed E-state index contributed by atoms with van der Waals surface area (Å²) in [6, 6.07) is -0.651. The van der Waals surface area contributed by atoms with Crippen LogP contribution in [0.2, 0.25) is 0 Å². The van der Waals surface area contributed by atoms with E-state index in [1.165, 1.54) is 0 Å². The summed E-state index contributed by atoms with van der Waals surface area (Å²) in [5, 5.41) is 61.5. The van der Waals surface area contributed by atoms with Crippen LogP contribution in [-0.2, 0) is 9.53 Å². The molecule has 0 spiro atoms. The minimum atomic E-state index is -1.42. The molecule has 154 valence electrons. The topological polar surface area (TPSA) is 160 Å². The van der Waals surface area contributed by atoms with Gasteiger partial charge in [-0.2, -0.15) is 0 Å². The van der Waals surface area contributed by atoms with Crippen molar-refractivity contribution in [3.63, 3.8) is 0 Å². The number of hydrogen-bond acceptors (Lipinski definition) is 8. The minimum absolute atomic E-state index is 0.245. The molecule has 0 aromatic heterocycles. The molecule has 8 atom stereocenters. The first-order valence-electron chi connectivity index (χ1n) is 9.22. The number of nitrogens with one attached hydrogen (secondary N) is 1. The number of carbonyl (C=O) groups is 1. The molecule has 1 fully saturated rings. The molecule has 2 unspecified atom stereocenters. The van der Waals surface area contributed by atoms with E-state index in [0.29, 0.717) is 19.3 Å². The molecule has 0 radical (unpaired) electrons. The van der Waals surface area contributed by atoms with E-state index in [9.17, 15) is 35.4 Å². The quantitative estimate of drug-likeness (QED) is 0.230. The van der Waals surface area contributed by atoms with Crippen LogP contribution in [0.5, 0.6) is 0 Å². The third kappa shape index (κ3) is 6.12. The molecule has 0 saturated carbocycles. The highest BCUT2D eigenvalue weighted by Gasteiger charge is 2.43. The van der Waals surface area contributed by atoms with Crippen molar-refractivity contribution in [2.45, 2.75) is 94.7 Å². The number of aliphatic hydroxyl groups is 6. The van der Waals surface area contributed by atoms with Crippen LogP contribution in [0.3, 0.4) is 0 Å². The van der Waals surface area contributed by atoms with Crippen LogP contribution in [-0.4, -0.2) is 91.9 Å². The molecular weight excluding hydrogens is 346 g/mol. The molecule has 1 amide bonds. The average Bonchev–Trinajstić information content (AvgIpc) is 2.65. The Morgan fingerprint density at radius 1 is 1.08 bits per heavy atom. The Labute approximate surface area is 153 Å². The summed E-state index contributed by atoms with van der Waals surface area (Å²) in [6.45, 7) is 2.92. The van der Waals surface area contributed by atoms with Crippen LogP contribution in [0.1, 0.15) is 46.0 Å². The molecule has 7 N–H and O–H groups in total. The first-order chi connectivity index (χ1) is 12.3. The Hall–Kier alpha value is -0.810. The molecule has 1 heterocycles. The first-order valence-corrected chi connectivity index (χ1v) is 9.22. The van der Waals surface area contributed by atoms with Gasteiger partial charge in [-0.25, -0.2) is 0 Å². The summed E-state index contributed by atoms with van der Waals surface area (Å²) in [4.78, 5) is 11.7. The summed E-state index contributed by atoms with van der Waals surface area (Å²) >= 11 is 0. The third-order valence-electron chi connectivity index (χ3n) is 4.89. The van der Waals surface area contributed by atoms with E-state index >= 15 is 0 Å². The predicted molar refractivity (Wildman–Crippen MR) is 92.1 cm³/mol. The van der Waals surface area contributed by atoms with Crippen LogP contribution >= 0.6 is 0 Å². The highest BCUT2D eigenvalue weighted by atomic mass is 16.5. The maximum Gasteiger partial charge on any atom is 0.220 e. The van der Waals surface area contributed by atoms with Gasteiger partial charge in [-0.05, 0) is 25.7 Å². The van der Waals surface area contributed by atoms with Crippen molar-refractivity contribution in [2.24, 2.45) is 0 Å². The van der Waals surface area contributed by atoms with Gasteiger partial charge < -0.3 is 40.7 Å². The highest BCUT2D eigenvalue weighted by molar-refractivity contribution is 5.75. The molecule has 1 saturated heterocycles. The van der Waals surface area contributed by atoms with Gasteiger partial charge in [0.2, 0.25) is 5.91 Å². The van der Waals surface area contributed by atoms with E-state index in [2.05, 4.69) is 5.32 Å². The molecule has 0 aliphatic carbocycles. The maximum atomic E-state index is 11.7. The second-order valence-corrected chi connectivity index (χ2v) is 6.79. The normalized spacial score (nSPS) is 32.7. The molecule has 9 nitrogen and oxygen atoms in total. The first kappa shape index (κ1) is 23.2. The Morgan fingerprint density at radius 3 is 2.23 bits per heavy atom. The van der Waals surface area contributed by atoms with Gasteiger partial charge in [-0.15, -0.1) is 0 Å². The molecular formula is C17H33NO8. The summed E-state index contributed by atoms with van der Waals surface area (Å²) < 4.78 is 5.43. The molecule has 9 heteroatoms. The molecule has 1 aliphatic rings. The van der Waals surface area contributed by atoms with E-state index in [-0.39, 0.29) is 18.7 Å². The van der Waals surface area contributed by atoms with Crippen molar-refractivity contribution < 1.29 is 40.2 Å². The van der Waals surface area contributed by atoms with E-state index in [0.717, 1.165) is 0 Å².